The van der Waals surface area contributed by atoms with Crippen LogP contribution in [-0.2, 0) is 10.0 Å². The molecule has 0 saturated carbocycles. The van der Waals surface area contributed by atoms with Gasteiger partial charge in [-0.2, -0.15) is 0 Å². The van der Waals surface area contributed by atoms with E-state index < -0.39 is 10.0 Å². The van der Waals surface area contributed by atoms with Crippen LogP contribution in [0.1, 0.15) is 23.2 Å². The van der Waals surface area contributed by atoms with Crippen molar-refractivity contribution in [3.05, 3.63) is 78.4 Å². The van der Waals surface area contributed by atoms with Gasteiger partial charge in [0.2, 0.25) is 0 Å². The number of carbonyl (C=O) groups is 1. The van der Waals surface area contributed by atoms with Gasteiger partial charge in [0.1, 0.15) is 17.2 Å². The molecule has 0 spiro atoms. The normalized spacial score (nSPS) is 13.6. The molecule has 0 aromatic heterocycles. The summed E-state index contributed by atoms with van der Waals surface area (Å²) in [7, 11) is -2.45. The largest absolute Gasteiger partial charge is 0.496 e. The molecule has 7 nitrogen and oxygen atoms in total. The zero-order chi connectivity index (χ0) is 22.6. The molecule has 166 valence electrons. The highest BCUT2D eigenvalue weighted by molar-refractivity contribution is 7.92. The monoisotopic (exact) mass is 452 g/mol. The molecule has 1 aliphatic heterocycles. The first-order valence-corrected chi connectivity index (χ1v) is 11.8. The molecule has 0 unspecified atom stereocenters. The second-order valence-electron chi connectivity index (χ2n) is 7.41. The Bertz CT molecular complexity index is 1190. The van der Waals surface area contributed by atoms with Gasteiger partial charge < -0.3 is 14.4 Å². The lowest BCUT2D eigenvalue weighted by molar-refractivity contribution is 0.0789. The van der Waals surface area contributed by atoms with Crippen LogP contribution in [0.2, 0.25) is 0 Å². The van der Waals surface area contributed by atoms with Gasteiger partial charge in [-0.05, 0) is 67.4 Å². The molecule has 32 heavy (non-hydrogen) atoms. The number of para-hydroxylation sites is 1. The van der Waals surface area contributed by atoms with Gasteiger partial charge in [0, 0.05) is 18.8 Å². The maximum atomic E-state index is 13.0. The predicted octanol–water partition coefficient (Wildman–Crippen LogP) is 4.52. The van der Waals surface area contributed by atoms with E-state index in [-0.39, 0.29) is 16.4 Å². The molecule has 0 atom stereocenters. The van der Waals surface area contributed by atoms with E-state index in [2.05, 4.69) is 4.72 Å². The zero-order valence-electron chi connectivity index (χ0n) is 17.7. The lowest BCUT2D eigenvalue weighted by Crippen LogP contribution is -2.28. The number of carbonyl (C=O) groups excluding carboxylic acids is 1. The molecule has 3 aromatic rings. The van der Waals surface area contributed by atoms with Gasteiger partial charge >= 0.3 is 0 Å². The fraction of sp³-hybridized carbons (Fsp3) is 0.208. The molecule has 3 aromatic carbocycles. The maximum Gasteiger partial charge on any atom is 0.261 e. The Labute approximate surface area is 187 Å². The van der Waals surface area contributed by atoms with Crippen LogP contribution < -0.4 is 14.2 Å². The minimum absolute atomic E-state index is 0.00883. The average Bonchev–Trinajstić information content (AvgIpc) is 3.35. The summed E-state index contributed by atoms with van der Waals surface area (Å²) in [5.41, 5.74) is 0.623. The number of amides is 1. The molecule has 0 radical (unpaired) electrons. The number of rotatable bonds is 7. The van der Waals surface area contributed by atoms with E-state index in [0.29, 0.717) is 36.0 Å². The standard InChI is InChI=1S/C24H24N2O5S/c1-30-23-14-13-21(17-22(23)24(27)26-15-5-6-16-26)32(28,29)25-18-9-11-20(12-10-18)31-19-7-3-2-4-8-19/h2-4,7-14,17,25H,5-6,15-16H2,1H3. The highest BCUT2D eigenvalue weighted by Gasteiger charge is 2.25. The van der Waals surface area contributed by atoms with E-state index in [4.69, 9.17) is 9.47 Å². The lowest BCUT2D eigenvalue weighted by Gasteiger charge is -2.18. The lowest BCUT2D eigenvalue weighted by atomic mass is 10.1. The summed E-state index contributed by atoms with van der Waals surface area (Å²) in [6.07, 6.45) is 1.88. The fourth-order valence-corrected chi connectivity index (χ4v) is 4.63. The van der Waals surface area contributed by atoms with Crippen LogP contribution in [0, 0.1) is 0 Å². The average molecular weight is 453 g/mol. The van der Waals surface area contributed by atoms with Gasteiger partial charge in [0.25, 0.3) is 15.9 Å². The number of likely N-dealkylation sites (tertiary alicyclic amines) is 1. The smallest absolute Gasteiger partial charge is 0.261 e. The minimum Gasteiger partial charge on any atom is -0.496 e. The molecular formula is C24H24N2O5S. The first-order valence-electron chi connectivity index (χ1n) is 10.3. The third-order valence-corrected chi connectivity index (χ3v) is 6.57. The summed E-state index contributed by atoms with van der Waals surface area (Å²) in [5, 5.41) is 0. The Morgan fingerprint density at radius 1 is 0.906 bits per heavy atom. The molecule has 8 heteroatoms. The Kier molecular flexibility index (Phi) is 6.32. The molecule has 1 heterocycles. The topological polar surface area (TPSA) is 84.9 Å². The number of methoxy groups -OCH3 is 1. The van der Waals surface area contributed by atoms with Crippen molar-refractivity contribution in [3.63, 3.8) is 0 Å². The summed E-state index contributed by atoms with van der Waals surface area (Å²) in [5.74, 6) is 1.40. The Morgan fingerprint density at radius 3 is 2.22 bits per heavy atom. The first kappa shape index (κ1) is 21.7. The van der Waals surface area contributed by atoms with Crippen LogP contribution in [0.5, 0.6) is 17.2 Å². The summed E-state index contributed by atoms with van der Waals surface area (Å²) < 4.78 is 39.5. The molecular weight excluding hydrogens is 428 g/mol. The highest BCUT2D eigenvalue weighted by atomic mass is 32.2. The van der Waals surface area contributed by atoms with E-state index in [0.717, 1.165) is 12.8 Å². The third-order valence-electron chi connectivity index (χ3n) is 5.19. The van der Waals surface area contributed by atoms with Gasteiger partial charge in [-0.15, -0.1) is 0 Å². The minimum atomic E-state index is -3.91. The fourth-order valence-electron chi connectivity index (χ4n) is 3.54. The number of benzene rings is 3. The molecule has 0 bridgehead atoms. The van der Waals surface area contributed by atoms with E-state index in [1.165, 1.54) is 25.3 Å². The van der Waals surface area contributed by atoms with Crippen molar-refractivity contribution in [1.29, 1.82) is 0 Å². The second kappa shape index (κ2) is 9.32. The molecule has 1 saturated heterocycles. The number of hydrogen-bond donors (Lipinski definition) is 1. The van der Waals surface area contributed by atoms with Crippen molar-refractivity contribution in [1.82, 2.24) is 4.90 Å². The van der Waals surface area contributed by atoms with E-state index >= 15 is 0 Å². The van der Waals surface area contributed by atoms with Crippen molar-refractivity contribution in [3.8, 4) is 17.2 Å². The van der Waals surface area contributed by atoms with Crippen molar-refractivity contribution in [2.24, 2.45) is 0 Å². The van der Waals surface area contributed by atoms with Crippen LogP contribution in [0.15, 0.2) is 77.7 Å². The third kappa shape index (κ3) is 4.86. The van der Waals surface area contributed by atoms with Crippen LogP contribution >= 0.6 is 0 Å². The quantitative estimate of drug-likeness (QED) is 0.570. The van der Waals surface area contributed by atoms with E-state index in [1.54, 1.807) is 29.2 Å². The second-order valence-corrected chi connectivity index (χ2v) is 9.09. The molecule has 1 fully saturated rings. The van der Waals surface area contributed by atoms with Crippen LogP contribution in [0.3, 0.4) is 0 Å². The van der Waals surface area contributed by atoms with Crippen molar-refractivity contribution in [2.45, 2.75) is 17.7 Å². The SMILES string of the molecule is COc1ccc(S(=O)(=O)Nc2ccc(Oc3ccccc3)cc2)cc1C(=O)N1CCCC1. The molecule has 4 rings (SSSR count). The number of hydrogen-bond acceptors (Lipinski definition) is 5. The highest BCUT2D eigenvalue weighted by Crippen LogP contribution is 2.28. The molecule has 1 aliphatic rings. The Hall–Kier alpha value is -3.52. The number of nitrogens with zero attached hydrogens (tertiary/aromatic N) is 1. The number of ether oxygens (including phenoxy) is 2. The van der Waals surface area contributed by atoms with Crippen LogP contribution in [0.4, 0.5) is 5.69 Å². The number of nitrogens with one attached hydrogen (secondary N) is 1. The van der Waals surface area contributed by atoms with Crippen molar-refractivity contribution in [2.75, 3.05) is 24.9 Å². The van der Waals surface area contributed by atoms with Gasteiger partial charge in [-0.3, -0.25) is 9.52 Å². The Balaban J connectivity index is 1.53. The molecule has 1 N–H and O–H groups in total. The van der Waals surface area contributed by atoms with E-state index in [9.17, 15) is 13.2 Å². The van der Waals surface area contributed by atoms with E-state index in [1.807, 2.05) is 30.3 Å². The Morgan fingerprint density at radius 2 is 1.56 bits per heavy atom. The van der Waals surface area contributed by atoms with Crippen LogP contribution in [-0.4, -0.2) is 39.4 Å². The van der Waals surface area contributed by atoms with Gasteiger partial charge in [0.05, 0.1) is 17.6 Å². The predicted molar refractivity (Wildman–Crippen MR) is 122 cm³/mol. The zero-order valence-corrected chi connectivity index (χ0v) is 18.5. The summed E-state index contributed by atoms with van der Waals surface area (Å²) >= 11 is 0. The van der Waals surface area contributed by atoms with Gasteiger partial charge in [-0.1, -0.05) is 18.2 Å². The number of sulfonamides is 1. The summed E-state index contributed by atoms with van der Waals surface area (Å²) in [6, 6.07) is 20.2. The molecule has 1 amide bonds. The molecule has 0 aliphatic carbocycles. The van der Waals surface area contributed by atoms with Crippen molar-refractivity contribution < 1.29 is 22.7 Å². The summed E-state index contributed by atoms with van der Waals surface area (Å²) in [6.45, 7) is 1.32. The maximum absolute atomic E-state index is 13.0. The van der Waals surface area contributed by atoms with Gasteiger partial charge in [-0.25, -0.2) is 8.42 Å². The summed E-state index contributed by atoms with van der Waals surface area (Å²) in [4.78, 5) is 14.6. The number of anilines is 1. The van der Waals surface area contributed by atoms with Crippen LogP contribution in [0.25, 0.3) is 0 Å². The van der Waals surface area contributed by atoms with Crippen molar-refractivity contribution >= 4 is 21.6 Å². The first-order chi connectivity index (χ1) is 15.5. The van der Waals surface area contributed by atoms with Gasteiger partial charge in [0.15, 0.2) is 0 Å².